The van der Waals surface area contributed by atoms with E-state index in [1.54, 1.807) is 30.5 Å². The fourth-order valence-electron chi connectivity index (χ4n) is 2.57. The molecule has 0 amide bonds. The molecule has 3 rings (SSSR count). The van der Waals surface area contributed by atoms with Gasteiger partial charge < -0.3 is 0 Å². The van der Waals surface area contributed by atoms with Gasteiger partial charge in [0.2, 0.25) is 0 Å². The summed E-state index contributed by atoms with van der Waals surface area (Å²) < 4.78 is 24.6. The Hall–Kier alpha value is -2.92. The van der Waals surface area contributed by atoms with Crippen LogP contribution in [0.5, 0.6) is 0 Å². The van der Waals surface area contributed by atoms with Gasteiger partial charge in [-0.25, -0.2) is 4.83 Å². The SMILES string of the molecule is Cc1ccc(S(=O)(=O)NN=Cc2ccccc2Cc2ccccc2)cc1. The van der Waals surface area contributed by atoms with Crippen LogP contribution in [-0.4, -0.2) is 14.6 Å². The summed E-state index contributed by atoms with van der Waals surface area (Å²) in [5.41, 5.74) is 4.15. The highest BCUT2D eigenvalue weighted by molar-refractivity contribution is 7.89. The molecule has 4 nitrogen and oxygen atoms in total. The maximum Gasteiger partial charge on any atom is 0.276 e. The molecule has 0 aliphatic carbocycles. The van der Waals surface area contributed by atoms with Crippen LogP contribution in [0.3, 0.4) is 0 Å². The molecule has 0 saturated carbocycles. The lowest BCUT2D eigenvalue weighted by Gasteiger charge is -2.07. The molecule has 0 aliphatic heterocycles. The van der Waals surface area contributed by atoms with Crippen molar-refractivity contribution < 1.29 is 8.42 Å². The minimum Gasteiger partial charge on any atom is -0.200 e. The van der Waals surface area contributed by atoms with Crippen LogP contribution >= 0.6 is 0 Å². The Labute approximate surface area is 154 Å². The normalized spacial score (nSPS) is 11.6. The Morgan fingerprint density at radius 2 is 1.54 bits per heavy atom. The van der Waals surface area contributed by atoms with Gasteiger partial charge >= 0.3 is 0 Å². The van der Waals surface area contributed by atoms with E-state index in [-0.39, 0.29) is 4.90 Å². The molecule has 3 aromatic carbocycles. The van der Waals surface area contributed by atoms with E-state index in [0.29, 0.717) is 0 Å². The van der Waals surface area contributed by atoms with Gasteiger partial charge in [0.15, 0.2) is 0 Å². The third kappa shape index (κ3) is 4.58. The van der Waals surface area contributed by atoms with Crippen LogP contribution in [-0.2, 0) is 16.4 Å². The summed E-state index contributed by atoms with van der Waals surface area (Å²) in [6.07, 6.45) is 2.30. The van der Waals surface area contributed by atoms with Crippen LogP contribution < -0.4 is 4.83 Å². The molecule has 5 heteroatoms. The van der Waals surface area contributed by atoms with Crippen molar-refractivity contribution in [3.63, 3.8) is 0 Å². The summed E-state index contributed by atoms with van der Waals surface area (Å²) in [6, 6.07) is 24.6. The molecule has 0 aromatic heterocycles. The van der Waals surface area contributed by atoms with E-state index in [4.69, 9.17) is 0 Å². The molecule has 132 valence electrons. The van der Waals surface area contributed by atoms with Gasteiger partial charge in [0.25, 0.3) is 10.0 Å². The van der Waals surface area contributed by atoms with Gasteiger partial charge in [-0.15, -0.1) is 0 Å². The predicted octanol–water partition coefficient (Wildman–Crippen LogP) is 3.90. The molecule has 3 aromatic rings. The number of hydrogen-bond donors (Lipinski definition) is 1. The molecule has 0 saturated heterocycles. The van der Waals surface area contributed by atoms with E-state index in [0.717, 1.165) is 23.1 Å². The molecule has 0 aliphatic rings. The third-order valence-electron chi connectivity index (χ3n) is 4.00. The molecule has 0 spiro atoms. The van der Waals surface area contributed by atoms with Crippen molar-refractivity contribution >= 4 is 16.2 Å². The first kappa shape index (κ1) is 17.9. The molecule has 0 bridgehead atoms. The Kier molecular flexibility index (Phi) is 5.49. The quantitative estimate of drug-likeness (QED) is 0.533. The average molecular weight is 364 g/mol. The summed E-state index contributed by atoms with van der Waals surface area (Å²) in [5.74, 6) is 0. The van der Waals surface area contributed by atoms with E-state index in [9.17, 15) is 8.42 Å². The number of nitrogens with one attached hydrogen (secondary N) is 1. The standard InChI is InChI=1S/C21H20N2O2S/c1-17-11-13-21(14-12-17)26(24,25)23-22-16-20-10-6-5-9-19(20)15-18-7-3-2-4-8-18/h2-14,16,23H,15H2,1H3. The zero-order valence-electron chi connectivity index (χ0n) is 14.5. The Bertz CT molecular complexity index is 996. The Morgan fingerprint density at radius 3 is 2.27 bits per heavy atom. The van der Waals surface area contributed by atoms with Crippen molar-refractivity contribution in [2.75, 3.05) is 0 Å². The molecule has 0 atom stereocenters. The number of sulfonamides is 1. The smallest absolute Gasteiger partial charge is 0.200 e. The third-order valence-corrected chi connectivity index (χ3v) is 5.24. The Morgan fingerprint density at radius 1 is 0.885 bits per heavy atom. The van der Waals surface area contributed by atoms with Crippen LogP contribution in [0.25, 0.3) is 0 Å². The van der Waals surface area contributed by atoms with Crippen LogP contribution in [0.1, 0.15) is 22.3 Å². The van der Waals surface area contributed by atoms with Crippen molar-refractivity contribution in [1.82, 2.24) is 4.83 Å². The summed E-state index contributed by atoms with van der Waals surface area (Å²) >= 11 is 0. The highest BCUT2D eigenvalue weighted by Gasteiger charge is 2.11. The predicted molar refractivity (Wildman–Crippen MR) is 105 cm³/mol. The van der Waals surface area contributed by atoms with Crippen molar-refractivity contribution in [2.45, 2.75) is 18.2 Å². The molecule has 26 heavy (non-hydrogen) atoms. The van der Waals surface area contributed by atoms with Gasteiger partial charge in [-0.2, -0.15) is 13.5 Å². The lowest BCUT2D eigenvalue weighted by molar-refractivity contribution is 0.584. The fourth-order valence-corrected chi connectivity index (χ4v) is 3.36. The first-order valence-corrected chi connectivity index (χ1v) is 9.76. The second-order valence-electron chi connectivity index (χ2n) is 6.03. The van der Waals surface area contributed by atoms with Gasteiger partial charge in [-0.3, -0.25) is 0 Å². The largest absolute Gasteiger partial charge is 0.276 e. The summed E-state index contributed by atoms with van der Waals surface area (Å²) in [4.78, 5) is 2.47. The zero-order valence-corrected chi connectivity index (χ0v) is 15.3. The van der Waals surface area contributed by atoms with Crippen LogP contribution in [0.2, 0.25) is 0 Å². The lowest BCUT2D eigenvalue weighted by atomic mass is 10.0. The van der Waals surface area contributed by atoms with Crippen LogP contribution in [0, 0.1) is 6.92 Å². The fraction of sp³-hybridized carbons (Fsp3) is 0.0952. The maximum atomic E-state index is 12.3. The number of hydrogen-bond acceptors (Lipinski definition) is 3. The monoisotopic (exact) mass is 364 g/mol. The number of hydrazone groups is 1. The maximum absolute atomic E-state index is 12.3. The van der Waals surface area contributed by atoms with E-state index in [1.807, 2.05) is 49.4 Å². The van der Waals surface area contributed by atoms with Crippen molar-refractivity contribution in [1.29, 1.82) is 0 Å². The van der Waals surface area contributed by atoms with E-state index in [1.165, 1.54) is 5.56 Å². The van der Waals surface area contributed by atoms with Gasteiger partial charge in [0.05, 0.1) is 11.1 Å². The first-order chi connectivity index (χ1) is 12.5. The molecule has 0 radical (unpaired) electrons. The van der Waals surface area contributed by atoms with Gasteiger partial charge in [-0.1, -0.05) is 72.3 Å². The van der Waals surface area contributed by atoms with Crippen molar-refractivity contribution in [3.05, 3.63) is 101 Å². The van der Waals surface area contributed by atoms with Crippen molar-refractivity contribution in [3.8, 4) is 0 Å². The number of nitrogens with zero attached hydrogens (tertiary/aromatic N) is 1. The minimum atomic E-state index is -3.67. The lowest BCUT2D eigenvalue weighted by Crippen LogP contribution is -2.18. The van der Waals surface area contributed by atoms with Gasteiger partial charge in [-0.05, 0) is 42.2 Å². The van der Waals surface area contributed by atoms with Crippen LogP contribution in [0.15, 0.2) is 88.9 Å². The van der Waals surface area contributed by atoms with Gasteiger partial charge in [0, 0.05) is 0 Å². The molecule has 0 unspecified atom stereocenters. The average Bonchev–Trinajstić information content (AvgIpc) is 2.64. The summed E-state index contributed by atoms with van der Waals surface area (Å²) in [7, 11) is -3.67. The second kappa shape index (κ2) is 7.97. The van der Waals surface area contributed by atoms with E-state index in [2.05, 4.69) is 22.1 Å². The highest BCUT2D eigenvalue weighted by atomic mass is 32.2. The second-order valence-corrected chi connectivity index (χ2v) is 7.69. The zero-order chi connectivity index (χ0) is 18.4. The summed E-state index contributed by atoms with van der Waals surface area (Å²) in [5, 5.41) is 3.95. The molecule has 1 N–H and O–H groups in total. The number of rotatable bonds is 6. The van der Waals surface area contributed by atoms with Gasteiger partial charge in [0.1, 0.15) is 0 Å². The Balaban J connectivity index is 1.75. The van der Waals surface area contributed by atoms with Crippen molar-refractivity contribution in [2.24, 2.45) is 5.10 Å². The topological polar surface area (TPSA) is 58.5 Å². The first-order valence-electron chi connectivity index (χ1n) is 8.28. The number of aryl methyl sites for hydroxylation is 1. The summed E-state index contributed by atoms with van der Waals surface area (Å²) in [6.45, 7) is 1.91. The highest BCUT2D eigenvalue weighted by Crippen LogP contribution is 2.13. The van der Waals surface area contributed by atoms with E-state index >= 15 is 0 Å². The van der Waals surface area contributed by atoms with E-state index < -0.39 is 10.0 Å². The molecule has 0 heterocycles. The number of benzene rings is 3. The molecule has 0 fully saturated rings. The van der Waals surface area contributed by atoms with Crippen LogP contribution in [0.4, 0.5) is 0 Å². The minimum absolute atomic E-state index is 0.192. The molecular formula is C21H20N2O2S. The molecular weight excluding hydrogens is 344 g/mol.